The molecule has 0 rings (SSSR count). The number of rotatable bonds is 7. The summed E-state index contributed by atoms with van der Waals surface area (Å²) in [7, 11) is 0. The van der Waals surface area contributed by atoms with E-state index in [9.17, 15) is 4.79 Å². The fourth-order valence-corrected chi connectivity index (χ4v) is 0.977. The summed E-state index contributed by atoms with van der Waals surface area (Å²) in [4.78, 5) is 10.2. The lowest BCUT2D eigenvalue weighted by Crippen LogP contribution is -2.09. The molecule has 3 heteroatoms. The molecular weight excluding hydrogens is 180 g/mol. The molecule has 0 aliphatic heterocycles. The lowest BCUT2D eigenvalue weighted by molar-refractivity contribution is -0.138. The van der Waals surface area contributed by atoms with E-state index < -0.39 is 12.1 Å². The highest BCUT2D eigenvalue weighted by atomic mass is 16.4. The second kappa shape index (κ2) is 8.51. The lowest BCUT2D eigenvalue weighted by atomic mass is 10.2. The highest BCUT2D eigenvalue weighted by Gasteiger charge is 2.03. The van der Waals surface area contributed by atoms with Crippen molar-refractivity contribution in [2.75, 3.05) is 0 Å². The van der Waals surface area contributed by atoms with Gasteiger partial charge in [-0.3, -0.25) is 4.79 Å². The summed E-state index contributed by atoms with van der Waals surface area (Å²) < 4.78 is 0. The van der Waals surface area contributed by atoms with E-state index in [1.807, 2.05) is 6.08 Å². The van der Waals surface area contributed by atoms with Gasteiger partial charge in [0.15, 0.2) is 0 Å². The normalized spacial score (nSPS) is 13.9. The third-order valence-electron chi connectivity index (χ3n) is 1.64. The van der Waals surface area contributed by atoms with Crippen LogP contribution in [0.1, 0.15) is 32.6 Å². The third-order valence-corrected chi connectivity index (χ3v) is 1.64. The van der Waals surface area contributed by atoms with E-state index in [1.54, 1.807) is 0 Å². The van der Waals surface area contributed by atoms with Gasteiger partial charge in [0.05, 0.1) is 12.5 Å². The van der Waals surface area contributed by atoms with Crippen molar-refractivity contribution >= 4 is 5.97 Å². The molecule has 80 valence electrons. The number of hydrogen-bond acceptors (Lipinski definition) is 2. The highest BCUT2D eigenvalue weighted by molar-refractivity contribution is 5.67. The Balaban J connectivity index is 3.51. The molecule has 2 N–H and O–H groups in total. The average molecular weight is 198 g/mol. The molecule has 0 saturated heterocycles. The zero-order chi connectivity index (χ0) is 10.8. The molecule has 0 heterocycles. The first-order valence-corrected chi connectivity index (χ1v) is 4.88. The van der Waals surface area contributed by atoms with Crippen LogP contribution in [0.25, 0.3) is 0 Å². The van der Waals surface area contributed by atoms with E-state index in [4.69, 9.17) is 10.2 Å². The van der Waals surface area contributed by atoms with Crippen molar-refractivity contribution in [3.05, 3.63) is 24.3 Å². The average Bonchev–Trinajstić information content (AvgIpc) is 2.10. The first-order valence-electron chi connectivity index (χ1n) is 4.88. The summed E-state index contributed by atoms with van der Waals surface area (Å²) in [6, 6.07) is 0. The van der Waals surface area contributed by atoms with Gasteiger partial charge in [-0.15, -0.1) is 0 Å². The van der Waals surface area contributed by atoms with Crippen molar-refractivity contribution < 1.29 is 15.0 Å². The summed E-state index contributed by atoms with van der Waals surface area (Å²) in [6.45, 7) is 2.07. The van der Waals surface area contributed by atoms with Crippen LogP contribution in [0.5, 0.6) is 0 Å². The number of carbonyl (C=O) groups is 1. The fraction of sp³-hybridized carbons (Fsp3) is 0.545. The molecule has 1 atom stereocenters. The number of aliphatic hydroxyl groups is 1. The van der Waals surface area contributed by atoms with Crippen molar-refractivity contribution in [3.8, 4) is 0 Å². The predicted molar refractivity (Wildman–Crippen MR) is 56.1 cm³/mol. The van der Waals surface area contributed by atoms with Crippen LogP contribution in [0.15, 0.2) is 24.3 Å². The van der Waals surface area contributed by atoms with Gasteiger partial charge in [0, 0.05) is 0 Å². The highest BCUT2D eigenvalue weighted by Crippen LogP contribution is 1.98. The quantitative estimate of drug-likeness (QED) is 0.486. The monoisotopic (exact) mass is 198 g/mol. The summed E-state index contributed by atoms with van der Waals surface area (Å²) in [5.74, 6) is -0.979. The second-order valence-corrected chi connectivity index (χ2v) is 3.05. The van der Waals surface area contributed by atoms with Gasteiger partial charge in [0.25, 0.3) is 0 Å². The smallest absolute Gasteiger partial charge is 0.306 e. The van der Waals surface area contributed by atoms with Gasteiger partial charge in [-0.25, -0.2) is 0 Å². The Hall–Kier alpha value is -1.09. The second-order valence-electron chi connectivity index (χ2n) is 3.05. The zero-order valence-electron chi connectivity index (χ0n) is 8.52. The minimum absolute atomic E-state index is 0.221. The first kappa shape index (κ1) is 12.9. The number of carboxylic acids is 1. The molecule has 3 nitrogen and oxygen atoms in total. The summed E-state index contributed by atoms with van der Waals surface area (Å²) in [5.41, 5.74) is 0. The van der Waals surface area contributed by atoms with Crippen molar-refractivity contribution in [2.45, 2.75) is 38.7 Å². The maximum absolute atomic E-state index is 10.2. The summed E-state index contributed by atoms with van der Waals surface area (Å²) in [6.07, 6.45) is 9.24. The number of aliphatic carboxylic acids is 1. The van der Waals surface area contributed by atoms with E-state index in [0.717, 1.165) is 19.3 Å². The van der Waals surface area contributed by atoms with Crippen LogP contribution in [0.2, 0.25) is 0 Å². The standard InChI is InChI=1S/C11H18O3/c1-2-3-4-5-6-7-8-10(12)9-11(13)14/h3-4,7-8,10,12H,2,5-6,9H2,1H3,(H,13,14)/b4-3+,8-7+. The van der Waals surface area contributed by atoms with Crippen LogP contribution in [0.3, 0.4) is 0 Å². The van der Waals surface area contributed by atoms with E-state index >= 15 is 0 Å². The zero-order valence-corrected chi connectivity index (χ0v) is 8.52. The Morgan fingerprint density at radius 1 is 1.29 bits per heavy atom. The minimum Gasteiger partial charge on any atom is -0.481 e. The van der Waals surface area contributed by atoms with E-state index in [-0.39, 0.29) is 6.42 Å². The Morgan fingerprint density at radius 2 is 1.93 bits per heavy atom. The molecule has 0 spiro atoms. The molecule has 0 amide bonds. The summed E-state index contributed by atoms with van der Waals surface area (Å²) >= 11 is 0. The molecule has 0 aromatic carbocycles. The Kier molecular flexibility index (Phi) is 7.84. The first-order chi connectivity index (χ1) is 6.66. The van der Waals surface area contributed by atoms with Crippen LogP contribution >= 0.6 is 0 Å². The van der Waals surface area contributed by atoms with Crippen molar-refractivity contribution in [2.24, 2.45) is 0 Å². The van der Waals surface area contributed by atoms with Crippen LogP contribution in [-0.4, -0.2) is 22.3 Å². The molecule has 0 aliphatic carbocycles. The number of allylic oxidation sites excluding steroid dienone is 3. The van der Waals surface area contributed by atoms with Crippen molar-refractivity contribution in [3.63, 3.8) is 0 Å². The van der Waals surface area contributed by atoms with Crippen LogP contribution in [0, 0.1) is 0 Å². The van der Waals surface area contributed by atoms with E-state index in [2.05, 4.69) is 19.1 Å². The van der Waals surface area contributed by atoms with E-state index in [1.165, 1.54) is 6.08 Å². The number of aliphatic hydroxyl groups excluding tert-OH is 1. The van der Waals surface area contributed by atoms with Gasteiger partial charge in [0.1, 0.15) is 0 Å². The molecule has 14 heavy (non-hydrogen) atoms. The van der Waals surface area contributed by atoms with Gasteiger partial charge in [-0.05, 0) is 19.3 Å². The van der Waals surface area contributed by atoms with Crippen LogP contribution in [-0.2, 0) is 4.79 Å². The minimum atomic E-state index is -0.979. The third kappa shape index (κ3) is 9.00. The number of carboxylic acid groups (broad SMARTS) is 1. The maximum atomic E-state index is 10.2. The number of hydrogen-bond donors (Lipinski definition) is 2. The Bertz CT molecular complexity index is 207. The molecule has 0 aromatic heterocycles. The predicted octanol–water partition coefficient (Wildman–Crippen LogP) is 2.12. The maximum Gasteiger partial charge on any atom is 0.306 e. The largest absolute Gasteiger partial charge is 0.481 e. The number of unbranched alkanes of at least 4 members (excludes halogenated alkanes) is 1. The molecule has 1 unspecified atom stereocenters. The summed E-state index contributed by atoms with van der Waals surface area (Å²) in [5, 5.41) is 17.5. The molecular formula is C11H18O3. The Labute approximate surface area is 84.8 Å². The van der Waals surface area contributed by atoms with Crippen molar-refractivity contribution in [1.29, 1.82) is 0 Å². The van der Waals surface area contributed by atoms with Crippen LogP contribution in [0.4, 0.5) is 0 Å². The molecule has 0 radical (unpaired) electrons. The van der Waals surface area contributed by atoms with Gasteiger partial charge >= 0.3 is 5.97 Å². The van der Waals surface area contributed by atoms with E-state index in [0.29, 0.717) is 0 Å². The molecule has 0 fully saturated rings. The lowest BCUT2D eigenvalue weighted by Gasteiger charge is -1.99. The topological polar surface area (TPSA) is 57.5 Å². The SMILES string of the molecule is CC/C=C/CC/C=C/C(O)CC(=O)O. The van der Waals surface area contributed by atoms with Gasteiger partial charge in [-0.1, -0.05) is 31.2 Å². The Morgan fingerprint density at radius 3 is 2.50 bits per heavy atom. The fourth-order valence-electron chi connectivity index (χ4n) is 0.977. The van der Waals surface area contributed by atoms with Gasteiger partial charge in [0.2, 0.25) is 0 Å². The van der Waals surface area contributed by atoms with Gasteiger partial charge in [-0.2, -0.15) is 0 Å². The molecule has 0 aliphatic rings. The van der Waals surface area contributed by atoms with Gasteiger partial charge < -0.3 is 10.2 Å². The molecule has 0 aromatic rings. The van der Waals surface area contributed by atoms with Crippen LogP contribution < -0.4 is 0 Å². The van der Waals surface area contributed by atoms with Crippen molar-refractivity contribution in [1.82, 2.24) is 0 Å². The molecule has 0 saturated carbocycles. The molecule has 0 bridgehead atoms.